The van der Waals surface area contributed by atoms with Crippen molar-refractivity contribution in [3.05, 3.63) is 95.0 Å². The van der Waals surface area contributed by atoms with Gasteiger partial charge in [-0.05, 0) is 92.5 Å². The van der Waals surface area contributed by atoms with Gasteiger partial charge in [-0.25, -0.2) is 15.0 Å². The van der Waals surface area contributed by atoms with E-state index in [1.54, 1.807) is 23.5 Å². The Hall–Kier alpha value is -6.50. The van der Waals surface area contributed by atoms with Crippen molar-refractivity contribution < 1.29 is 24.6 Å². The number of piperazine rings is 1. The Morgan fingerprint density at radius 1 is 0.932 bits per heavy atom. The second-order valence-corrected chi connectivity index (χ2v) is 23.5. The van der Waals surface area contributed by atoms with Crippen molar-refractivity contribution in [2.45, 2.75) is 123 Å². The van der Waals surface area contributed by atoms with Gasteiger partial charge in [0.25, 0.3) is 0 Å². The van der Waals surface area contributed by atoms with Crippen molar-refractivity contribution in [3.63, 3.8) is 0 Å². The number of para-hydroxylation sites is 1. The zero-order chi connectivity index (χ0) is 51.5. The Balaban J connectivity index is 0.640. The fourth-order valence-corrected chi connectivity index (χ4v) is 13.4. The minimum absolute atomic E-state index is 0.00552. The zero-order valence-electron chi connectivity index (χ0n) is 43.1. The number of phenols is 1. The van der Waals surface area contributed by atoms with Gasteiger partial charge in [-0.15, -0.1) is 21.5 Å². The van der Waals surface area contributed by atoms with Crippen molar-refractivity contribution in [2.75, 3.05) is 49.1 Å². The van der Waals surface area contributed by atoms with Crippen LogP contribution in [0.15, 0.2) is 72.5 Å². The molecule has 4 aromatic heterocycles. The van der Waals surface area contributed by atoms with Crippen molar-refractivity contribution >= 4 is 51.7 Å². The molecule has 1 spiro atoms. The number of β-amino-alcohol motifs (C(OH)–C–C–N with tert-alkyl or cyclic N) is 1. The number of thiazole rings is 1. The van der Waals surface area contributed by atoms with E-state index in [0.717, 1.165) is 127 Å². The van der Waals surface area contributed by atoms with E-state index in [-0.39, 0.29) is 53.8 Å². The number of hydrogen-bond acceptors (Lipinski definition) is 14. The predicted octanol–water partition coefficient (Wildman–Crippen LogP) is 6.95. The van der Waals surface area contributed by atoms with Crippen molar-refractivity contribution in [2.24, 2.45) is 16.7 Å². The van der Waals surface area contributed by atoms with Gasteiger partial charge in [0.2, 0.25) is 23.7 Å². The number of aryl methyl sites for hydroxylation is 1. The maximum atomic E-state index is 14.3. The topological polar surface area (TPSA) is 209 Å². The van der Waals surface area contributed by atoms with Crippen molar-refractivity contribution in [1.82, 2.24) is 50.6 Å². The molecule has 3 amide bonds. The molecule has 2 saturated heterocycles. The number of phenolic OH excluding ortho intramolecular Hbond substituents is 1. The van der Waals surface area contributed by atoms with Crippen molar-refractivity contribution in [1.29, 1.82) is 0 Å². The summed E-state index contributed by atoms with van der Waals surface area (Å²) in [6.45, 7) is 14.8. The maximum absolute atomic E-state index is 14.3. The monoisotopic (exact) mass is 1020 g/mol. The van der Waals surface area contributed by atoms with Gasteiger partial charge in [0.15, 0.2) is 5.65 Å². The van der Waals surface area contributed by atoms with Crippen LogP contribution in [0.2, 0.25) is 0 Å². The van der Waals surface area contributed by atoms with Crippen LogP contribution in [-0.2, 0) is 27.3 Å². The molecule has 5 N–H and O–H groups in total. The Morgan fingerprint density at radius 2 is 1.66 bits per heavy atom. The van der Waals surface area contributed by atoms with Crippen LogP contribution in [0.3, 0.4) is 0 Å². The number of nitrogens with zero attached hydrogens (tertiary/aromatic N) is 9. The molecule has 4 atom stereocenters. The molecule has 0 radical (unpaired) electrons. The molecule has 388 valence electrons. The molecular weight excluding hydrogens is 953 g/mol. The summed E-state index contributed by atoms with van der Waals surface area (Å²) < 4.78 is 0. The van der Waals surface area contributed by atoms with Crippen LogP contribution in [0.25, 0.3) is 32.7 Å². The third-order valence-corrected chi connectivity index (χ3v) is 17.8. The van der Waals surface area contributed by atoms with E-state index in [1.165, 1.54) is 4.90 Å². The molecule has 7 heterocycles. The van der Waals surface area contributed by atoms with E-state index in [9.17, 15) is 24.6 Å². The molecule has 2 saturated carbocycles. The van der Waals surface area contributed by atoms with E-state index < -0.39 is 23.6 Å². The lowest BCUT2D eigenvalue weighted by Crippen LogP contribution is -2.60. The number of anilines is 2. The van der Waals surface area contributed by atoms with Crippen LogP contribution in [0.4, 0.5) is 11.6 Å². The number of nitrogens with one attached hydrogen (secondary N) is 3. The number of carbonyl (C=O) groups is 3. The molecule has 4 fully saturated rings. The summed E-state index contributed by atoms with van der Waals surface area (Å²) in [5, 5.41) is 37.3. The van der Waals surface area contributed by atoms with E-state index in [4.69, 9.17) is 9.97 Å². The number of hydrogen-bond donors (Lipinski definition) is 5. The first-order valence-corrected chi connectivity index (χ1v) is 27.3. The van der Waals surface area contributed by atoms with Gasteiger partial charge >= 0.3 is 0 Å². The molecular formula is C56H68N12O5S. The minimum Gasteiger partial charge on any atom is -0.507 e. The summed E-state index contributed by atoms with van der Waals surface area (Å²) >= 11 is 1.59. The number of rotatable bonds is 11. The second kappa shape index (κ2) is 20.0. The van der Waals surface area contributed by atoms with Crippen LogP contribution in [0.5, 0.6) is 5.75 Å². The number of benzene rings is 2. The summed E-state index contributed by atoms with van der Waals surface area (Å²) in [4.78, 5) is 69.4. The highest BCUT2D eigenvalue weighted by Crippen LogP contribution is 2.55. The number of fused-ring (bicyclic) bond motifs is 3. The largest absolute Gasteiger partial charge is 0.507 e. The highest BCUT2D eigenvalue weighted by molar-refractivity contribution is 7.13. The molecule has 0 unspecified atom stereocenters. The maximum Gasteiger partial charge on any atom is 0.246 e. The van der Waals surface area contributed by atoms with Crippen LogP contribution in [0.1, 0.15) is 101 Å². The summed E-state index contributed by atoms with van der Waals surface area (Å²) in [6, 6.07) is 16.1. The molecule has 11 rings (SSSR count). The van der Waals surface area contributed by atoms with Crippen LogP contribution < -0.4 is 20.4 Å². The number of carbonyl (C=O) groups excluding carboxylic acids is 3. The Kier molecular flexibility index (Phi) is 13.4. The zero-order valence-corrected chi connectivity index (χ0v) is 43.9. The van der Waals surface area contributed by atoms with Crippen LogP contribution in [-0.4, -0.2) is 131 Å². The van der Waals surface area contributed by atoms with Crippen LogP contribution >= 0.6 is 11.3 Å². The molecule has 74 heavy (non-hydrogen) atoms. The van der Waals surface area contributed by atoms with Gasteiger partial charge < -0.3 is 40.5 Å². The lowest BCUT2D eigenvalue weighted by Gasteiger charge is -2.53. The summed E-state index contributed by atoms with van der Waals surface area (Å²) in [6.07, 6.45) is 10.1. The Labute approximate surface area is 436 Å². The lowest BCUT2D eigenvalue weighted by molar-refractivity contribution is -0.146. The summed E-state index contributed by atoms with van der Waals surface area (Å²) in [5.74, 6) is -0.0227. The average Bonchev–Trinajstić information content (AvgIpc) is 4.12. The number of aromatic nitrogens is 6. The lowest BCUT2D eigenvalue weighted by atomic mass is 9.55. The fourth-order valence-electron chi connectivity index (χ4n) is 12.6. The normalized spacial score (nSPS) is 24.7. The van der Waals surface area contributed by atoms with Crippen LogP contribution in [0, 0.1) is 23.7 Å². The third kappa shape index (κ3) is 9.71. The first kappa shape index (κ1) is 49.7. The first-order valence-electron chi connectivity index (χ1n) is 26.4. The molecule has 2 aromatic carbocycles. The highest BCUT2D eigenvalue weighted by Gasteiger charge is 2.51. The molecule has 6 aromatic rings. The number of H-pyrrole nitrogens is 1. The number of amides is 3. The first-order chi connectivity index (χ1) is 35.6. The average molecular weight is 1020 g/mol. The van der Waals surface area contributed by atoms with Gasteiger partial charge in [0, 0.05) is 92.8 Å². The second-order valence-electron chi connectivity index (χ2n) is 22.6. The number of aliphatic hydroxyl groups excluding tert-OH is 1. The van der Waals surface area contributed by atoms with Gasteiger partial charge in [-0.2, -0.15) is 0 Å². The number of likely N-dealkylation sites (tertiary alicyclic amines) is 1. The minimum atomic E-state index is -0.842. The number of aliphatic hydroxyl groups is 1. The van der Waals surface area contributed by atoms with Crippen molar-refractivity contribution in [3.8, 4) is 27.4 Å². The van der Waals surface area contributed by atoms with Gasteiger partial charge in [0.1, 0.15) is 17.8 Å². The van der Waals surface area contributed by atoms with E-state index in [0.29, 0.717) is 29.8 Å². The number of aromatic amines is 1. The molecule has 18 heteroatoms. The molecule has 17 nitrogen and oxygen atoms in total. The van der Waals surface area contributed by atoms with Gasteiger partial charge in [-0.1, -0.05) is 57.2 Å². The van der Waals surface area contributed by atoms with E-state index in [2.05, 4.69) is 52.4 Å². The molecule has 2 aliphatic carbocycles. The SMILES string of the molecule is Cc1ncsc1-c1ccc(CNC(=O)[C@@H]2C[C@@H](O)CN2C(=O)[C@@H](NC(=O)[C@H]2CC3(CC[C@H](N4CCN(c5cnc(N6CCc7[nH]c8nnc(-c9ccccc9O)cc8c7[C@H]6C)nc5)CC4)CC3)C2)C(C)(C)C)cc1. The smallest absolute Gasteiger partial charge is 0.246 e. The van der Waals surface area contributed by atoms with E-state index in [1.807, 2.05) is 88.1 Å². The van der Waals surface area contributed by atoms with E-state index >= 15 is 0 Å². The summed E-state index contributed by atoms with van der Waals surface area (Å²) in [5.41, 5.74) is 9.71. The molecule has 5 aliphatic rings. The highest BCUT2D eigenvalue weighted by atomic mass is 32.1. The Morgan fingerprint density at radius 3 is 2.35 bits per heavy atom. The fraction of sp³-hybridized carbons (Fsp3) is 0.500. The molecule has 3 aliphatic heterocycles. The quantitative estimate of drug-likeness (QED) is 0.0892. The van der Waals surface area contributed by atoms with Gasteiger partial charge in [-0.3, -0.25) is 19.3 Å². The Bertz CT molecular complexity index is 3020. The number of aromatic hydroxyl groups is 1. The standard InChI is InChI=1S/C56H68N12O5S/c1-33-48(74-32-60-33)36-12-10-35(11-13-36)28-57-52(72)45-24-40(69)31-68(45)53(73)49(55(3,4)5)62-51(71)37-26-56(27-37)17-14-38(15-18-56)65-20-22-66(23-21-65)39-29-58-54(59-30-39)67-19-16-43-47(34(67)2)42-25-44(63-64-50(42)61-43)41-8-6-7-9-46(41)70/h6-13,25,29-30,32,34,37-38,40,45,49,69-70H,14-24,26-28,31H2,1-5H3,(H,57,72)(H,61,64)(H,62,71)/t34-,37-,38-,40-,45+,49-,56?/m1/s1. The molecule has 0 bridgehead atoms. The summed E-state index contributed by atoms with van der Waals surface area (Å²) in [7, 11) is 0. The van der Waals surface area contributed by atoms with Gasteiger partial charge in [0.05, 0.1) is 52.0 Å². The third-order valence-electron chi connectivity index (χ3n) is 16.9. The predicted molar refractivity (Wildman–Crippen MR) is 285 cm³/mol.